The summed E-state index contributed by atoms with van der Waals surface area (Å²) >= 11 is 17.7. The minimum atomic E-state index is -0.411. The van der Waals surface area contributed by atoms with Gasteiger partial charge in [0.15, 0.2) is 0 Å². The lowest BCUT2D eigenvalue weighted by Gasteiger charge is -2.10. The molecule has 2 rings (SSSR count). The summed E-state index contributed by atoms with van der Waals surface area (Å²) in [4.78, 5) is 0. The monoisotopic (exact) mass is 303 g/mol. The van der Waals surface area contributed by atoms with Crippen LogP contribution < -0.4 is 5.32 Å². The van der Waals surface area contributed by atoms with E-state index in [0.29, 0.717) is 27.3 Å². The fourth-order valence-corrected chi connectivity index (χ4v) is 2.21. The third-order valence-corrected chi connectivity index (χ3v) is 3.39. The highest BCUT2D eigenvalue weighted by atomic mass is 35.5. The first-order chi connectivity index (χ1) is 8.58. The smallest absolute Gasteiger partial charge is 0.147 e. The van der Waals surface area contributed by atoms with Crippen LogP contribution in [0.2, 0.25) is 15.1 Å². The molecule has 0 saturated heterocycles. The molecule has 0 atom stereocenters. The predicted molar refractivity (Wildman–Crippen MR) is 75.2 cm³/mol. The molecule has 2 aromatic carbocycles. The van der Waals surface area contributed by atoms with Crippen molar-refractivity contribution in [1.29, 1.82) is 0 Å². The first kappa shape index (κ1) is 13.5. The number of halogens is 4. The molecule has 0 bridgehead atoms. The Hall–Kier alpha value is -0.960. The Morgan fingerprint density at radius 1 is 1.00 bits per heavy atom. The van der Waals surface area contributed by atoms with Crippen molar-refractivity contribution >= 4 is 40.5 Å². The summed E-state index contributed by atoms with van der Waals surface area (Å²) < 4.78 is 13.5. The SMILES string of the molecule is Fc1cc(Cl)ccc1NCc1c(Cl)cccc1Cl. The summed E-state index contributed by atoms with van der Waals surface area (Å²) in [5.41, 5.74) is 1.09. The van der Waals surface area contributed by atoms with Gasteiger partial charge in [-0.15, -0.1) is 0 Å². The highest BCUT2D eigenvalue weighted by molar-refractivity contribution is 6.36. The Morgan fingerprint density at radius 3 is 2.28 bits per heavy atom. The van der Waals surface area contributed by atoms with E-state index < -0.39 is 5.82 Å². The first-order valence-electron chi connectivity index (χ1n) is 5.20. The summed E-state index contributed by atoms with van der Waals surface area (Å²) in [5, 5.41) is 4.38. The van der Waals surface area contributed by atoms with Crippen LogP contribution in [-0.2, 0) is 6.54 Å². The van der Waals surface area contributed by atoms with Crippen LogP contribution in [0, 0.1) is 5.82 Å². The maximum atomic E-state index is 13.5. The molecule has 0 radical (unpaired) electrons. The zero-order chi connectivity index (χ0) is 13.1. The van der Waals surface area contributed by atoms with Gasteiger partial charge in [-0.2, -0.15) is 0 Å². The number of benzene rings is 2. The Balaban J connectivity index is 2.16. The topological polar surface area (TPSA) is 12.0 Å². The summed E-state index contributed by atoms with van der Waals surface area (Å²) in [7, 11) is 0. The van der Waals surface area contributed by atoms with Crippen LogP contribution in [0.5, 0.6) is 0 Å². The average molecular weight is 305 g/mol. The fourth-order valence-electron chi connectivity index (χ4n) is 1.52. The van der Waals surface area contributed by atoms with Gasteiger partial charge in [0, 0.05) is 27.2 Å². The Bertz CT molecular complexity index is 552. The number of rotatable bonds is 3. The standard InChI is InChI=1S/C13H9Cl3FN/c14-8-4-5-13(12(17)6-8)18-7-9-10(15)2-1-3-11(9)16/h1-6,18H,7H2. The van der Waals surface area contributed by atoms with Gasteiger partial charge in [0.25, 0.3) is 0 Å². The first-order valence-corrected chi connectivity index (χ1v) is 6.33. The lowest BCUT2D eigenvalue weighted by Crippen LogP contribution is -2.02. The average Bonchev–Trinajstić information content (AvgIpc) is 2.31. The summed E-state index contributed by atoms with van der Waals surface area (Å²) in [6, 6.07) is 9.67. The summed E-state index contributed by atoms with van der Waals surface area (Å²) in [6.07, 6.45) is 0. The van der Waals surface area contributed by atoms with Crippen LogP contribution in [0.4, 0.5) is 10.1 Å². The quantitative estimate of drug-likeness (QED) is 0.800. The van der Waals surface area contributed by atoms with Gasteiger partial charge in [-0.25, -0.2) is 4.39 Å². The summed E-state index contributed by atoms with van der Waals surface area (Å²) in [6.45, 7) is 0.344. The molecule has 1 nitrogen and oxygen atoms in total. The Labute approximate surface area is 119 Å². The van der Waals surface area contributed by atoms with Crippen molar-refractivity contribution in [3.05, 3.63) is 62.8 Å². The molecule has 0 heterocycles. The predicted octanol–water partition coefficient (Wildman–Crippen LogP) is 5.40. The van der Waals surface area contributed by atoms with E-state index in [2.05, 4.69) is 5.32 Å². The maximum Gasteiger partial charge on any atom is 0.147 e. The van der Waals surface area contributed by atoms with Gasteiger partial charge in [0.05, 0.1) is 5.69 Å². The third kappa shape index (κ3) is 3.08. The molecular formula is C13H9Cl3FN. The second kappa shape index (κ2) is 5.79. The van der Waals surface area contributed by atoms with Gasteiger partial charge < -0.3 is 5.32 Å². The molecule has 0 spiro atoms. The van der Waals surface area contributed by atoms with Crippen LogP contribution in [0.1, 0.15) is 5.56 Å². The molecule has 2 aromatic rings. The molecule has 5 heteroatoms. The van der Waals surface area contributed by atoms with Gasteiger partial charge in [0.1, 0.15) is 5.82 Å². The van der Waals surface area contributed by atoms with Crippen molar-refractivity contribution in [2.45, 2.75) is 6.54 Å². The molecule has 0 aliphatic heterocycles. The zero-order valence-electron chi connectivity index (χ0n) is 9.18. The second-order valence-electron chi connectivity index (χ2n) is 3.68. The van der Waals surface area contributed by atoms with Crippen LogP contribution in [0.15, 0.2) is 36.4 Å². The zero-order valence-corrected chi connectivity index (χ0v) is 11.5. The molecule has 1 N–H and O–H groups in total. The van der Waals surface area contributed by atoms with E-state index >= 15 is 0 Å². The Morgan fingerprint density at radius 2 is 1.67 bits per heavy atom. The third-order valence-electron chi connectivity index (χ3n) is 2.45. The van der Waals surface area contributed by atoms with Crippen LogP contribution >= 0.6 is 34.8 Å². The van der Waals surface area contributed by atoms with E-state index in [9.17, 15) is 4.39 Å². The van der Waals surface area contributed by atoms with Crippen molar-refractivity contribution in [1.82, 2.24) is 0 Å². The molecule has 0 saturated carbocycles. The van der Waals surface area contributed by atoms with Crippen molar-refractivity contribution in [3.8, 4) is 0 Å². The molecule has 0 fully saturated rings. The molecule has 0 unspecified atom stereocenters. The number of hydrogen-bond donors (Lipinski definition) is 1. The number of anilines is 1. The number of nitrogens with one attached hydrogen (secondary N) is 1. The second-order valence-corrected chi connectivity index (χ2v) is 4.93. The van der Waals surface area contributed by atoms with Crippen molar-refractivity contribution in [3.63, 3.8) is 0 Å². The van der Waals surface area contributed by atoms with Gasteiger partial charge in [-0.3, -0.25) is 0 Å². The van der Waals surface area contributed by atoms with Gasteiger partial charge in [-0.1, -0.05) is 40.9 Å². The maximum absolute atomic E-state index is 13.5. The highest BCUT2D eigenvalue weighted by Gasteiger charge is 2.07. The van der Waals surface area contributed by atoms with E-state index in [-0.39, 0.29) is 0 Å². The molecule has 0 aliphatic rings. The molecule has 0 aliphatic carbocycles. The minimum Gasteiger partial charge on any atom is -0.378 e. The molecule has 94 valence electrons. The van der Waals surface area contributed by atoms with E-state index in [4.69, 9.17) is 34.8 Å². The van der Waals surface area contributed by atoms with Gasteiger partial charge in [0.2, 0.25) is 0 Å². The number of hydrogen-bond acceptors (Lipinski definition) is 1. The van der Waals surface area contributed by atoms with Crippen LogP contribution in [-0.4, -0.2) is 0 Å². The fraction of sp³-hybridized carbons (Fsp3) is 0.0769. The van der Waals surface area contributed by atoms with E-state index in [1.165, 1.54) is 6.07 Å². The summed E-state index contributed by atoms with van der Waals surface area (Å²) in [5.74, 6) is -0.411. The lowest BCUT2D eigenvalue weighted by atomic mass is 10.2. The van der Waals surface area contributed by atoms with Crippen molar-refractivity contribution in [2.75, 3.05) is 5.32 Å². The molecule has 0 aromatic heterocycles. The highest BCUT2D eigenvalue weighted by Crippen LogP contribution is 2.26. The van der Waals surface area contributed by atoms with Gasteiger partial charge >= 0.3 is 0 Å². The van der Waals surface area contributed by atoms with Crippen molar-refractivity contribution in [2.24, 2.45) is 0 Å². The minimum absolute atomic E-state index is 0.344. The molecule has 18 heavy (non-hydrogen) atoms. The Kier molecular flexibility index (Phi) is 4.33. The van der Waals surface area contributed by atoms with E-state index in [0.717, 1.165) is 5.56 Å². The lowest BCUT2D eigenvalue weighted by molar-refractivity contribution is 0.630. The van der Waals surface area contributed by atoms with Crippen LogP contribution in [0.3, 0.4) is 0 Å². The largest absolute Gasteiger partial charge is 0.378 e. The van der Waals surface area contributed by atoms with E-state index in [1.807, 2.05) is 0 Å². The van der Waals surface area contributed by atoms with Crippen molar-refractivity contribution < 1.29 is 4.39 Å². The van der Waals surface area contributed by atoms with E-state index in [1.54, 1.807) is 30.3 Å². The van der Waals surface area contributed by atoms with Crippen LogP contribution in [0.25, 0.3) is 0 Å². The normalized spacial score (nSPS) is 10.4. The van der Waals surface area contributed by atoms with Gasteiger partial charge in [-0.05, 0) is 30.3 Å². The molecular weight excluding hydrogens is 296 g/mol. The molecule has 0 amide bonds.